The molecule has 0 amide bonds. The van der Waals surface area contributed by atoms with E-state index in [0.29, 0.717) is 0 Å². The average Bonchev–Trinajstić information content (AvgIpc) is 2.85. The molecule has 0 unspecified atom stereocenters. The van der Waals surface area contributed by atoms with Gasteiger partial charge in [0.05, 0.1) is 11.4 Å². The van der Waals surface area contributed by atoms with Crippen LogP contribution in [-0.4, -0.2) is 0 Å². The van der Waals surface area contributed by atoms with Crippen molar-refractivity contribution in [3.63, 3.8) is 0 Å². The molecule has 0 aliphatic rings. The number of aryl methyl sites for hydroxylation is 8. The quantitative estimate of drug-likeness (QED) is 0.205. The second kappa shape index (κ2) is 12.1. The zero-order valence-corrected chi connectivity index (χ0v) is 22.8. The molecule has 4 rings (SSSR count). The van der Waals surface area contributed by atoms with E-state index in [1.807, 2.05) is 12.1 Å². The third-order valence-corrected chi connectivity index (χ3v) is 6.63. The molecule has 0 atom stereocenters. The summed E-state index contributed by atoms with van der Waals surface area (Å²) in [7, 11) is 0. The molecule has 0 aliphatic heterocycles. The predicted octanol–water partition coefficient (Wildman–Crippen LogP) is 9.66. The van der Waals surface area contributed by atoms with Crippen molar-refractivity contribution in [3.05, 3.63) is 128 Å². The van der Waals surface area contributed by atoms with Crippen LogP contribution in [0.4, 0.5) is 11.4 Å². The van der Waals surface area contributed by atoms with Crippen molar-refractivity contribution in [2.24, 2.45) is 10.2 Å². The molecule has 0 radical (unpaired) electrons. The second-order valence-electron chi connectivity index (χ2n) is 9.59. The molecule has 0 spiro atoms. The summed E-state index contributed by atoms with van der Waals surface area (Å²) in [5.74, 6) is 6.45. The van der Waals surface area contributed by atoms with Gasteiger partial charge in [0.25, 0.3) is 0 Å². The van der Waals surface area contributed by atoms with Crippen LogP contribution < -0.4 is 0 Å². The first-order chi connectivity index (χ1) is 17.1. The van der Waals surface area contributed by atoms with Crippen molar-refractivity contribution in [2.45, 2.75) is 55.4 Å². The zero-order valence-electron chi connectivity index (χ0n) is 22.8. The monoisotopic (exact) mass is 472 g/mol. The number of hydrogen-bond donors (Lipinski definition) is 0. The van der Waals surface area contributed by atoms with Crippen molar-refractivity contribution < 1.29 is 0 Å². The lowest BCUT2D eigenvalue weighted by molar-refractivity contribution is 1.20. The lowest BCUT2D eigenvalue weighted by Gasteiger charge is -2.01. The molecule has 0 aliphatic carbocycles. The van der Waals surface area contributed by atoms with Gasteiger partial charge in [-0.05, 0) is 148 Å². The summed E-state index contributed by atoms with van der Waals surface area (Å²) in [6.07, 6.45) is 0. The van der Waals surface area contributed by atoms with Gasteiger partial charge in [-0.1, -0.05) is 36.1 Å². The molecule has 0 saturated heterocycles. The van der Waals surface area contributed by atoms with Crippen molar-refractivity contribution in [3.8, 4) is 11.8 Å². The van der Waals surface area contributed by atoms with Crippen LogP contribution >= 0.6 is 0 Å². The number of azo groups is 1. The van der Waals surface area contributed by atoms with E-state index < -0.39 is 0 Å². The Labute approximate surface area is 217 Å². The smallest absolute Gasteiger partial charge is 0.0859 e. The third-order valence-electron chi connectivity index (χ3n) is 6.63. The van der Waals surface area contributed by atoms with E-state index >= 15 is 0 Å². The van der Waals surface area contributed by atoms with Gasteiger partial charge >= 0.3 is 0 Å². The minimum absolute atomic E-state index is 0.899. The summed E-state index contributed by atoms with van der Waals surface area (Å²) in [6, 6.07) is 24.9. The van der Waals surface area contributed by atoms with Gasteiger partial charge in [0.15, 0.2) is 0 Å². The normalized spacial score (nSPS) is 10.4. The fourth-order valence-corrected chi connectivity index (χ4v) is 3.47. The highest BCUT2D eigenvalue weighted by Crippen LogP contribution is 2.22. The fraction of sp³-hybridized carbons (Fsp3) is 0.235. The van der Waals surface area contributed by atoms with E-state index in [0.717, 1.165) is 22.5 Å². The SMILES string of the molecule is Cc1ccc(C#Cc2ccc(C)c(C)c2)cc1C.Cc1ccc(N=Nc2ccc(C)c(C)c2)cc1C. The van der Waals surface area contributed by atoms with Gasteiger partial charge in [-0.2, -0.15) is 10.2 Å². The topological polar surface area (TPSA) is 24.7 Å². The highest BCUT2D eigenvalue weighted by atomic mass is 15.1. The number of rotatable bonds is 2. The van der Waals surface area contributed by atoms with Crippen LogP contribution in [0.3, 0.4) is 0 Å². The first-order valence-electron chi connectivity index (χ1n) is 12.3. The van der Waals surface area contributed by atoms with Crippen LogP contribution in [0.5, 0.6) is 0 Å². The first-order valence-corrected chi connectivity index (χ1v) is 12.3. The molecule has 36 heavy (non-hydrogen) atoms. The van der Waals surface area contributed by atoms with Crippen LogP contribution in [0.15, 0.2) is 83.0 Å². The van der Waals surface area contributed by atoms with Gasteiger partial charge in [0.2, 0.25) is 0 Å². The summed E-state index contributed by atoms with van der Waals surface area (Å²) in [4.78, 5) is 0. The lowest BCUT2D eigenvalue weighted by atomic mass is 10.0. The van der Waals surface area contributed by atoms with Gasteiger partial charge < -0.3 is 0 Å². The van der Waals surface area contributed by atoms with Gasteiger partial charge in [-0.25, -0.2) is 0 Å². The van der Waals surface area contributed by atoms with Crippen LogP contribution in [-0.2, 0) is 0 Å². The molecule has 4 aromatic rings. The molecule has 0 bridgehead atoms. The molecule has 4 aromatic carbocycles. The Morgan fingerprint density at radius 2 is 0.667 bits per heavy atom. The Hall–Kier alpha value is -3.96. The molecule has 182 valence electrons. The average molecular weight is 473 g/mol. The van der Waals surface area contributed by atoms with E-state index in [1.54, 1.807) is 0 Å². The Kier molecular flexibility index (Phi) is 8.98. The maximum Gasteiger partial charge on any atom is 0.0859 e. The molecular formula is C34H36N2. The van der Waals surface area contributed by atoms with E-state index in [4.69, 9.17) is 0 Å². The summed E-state index contributed by atoms with van der Waals surface area (Å²) < 4.78 is 0. The van der Waals surface area contributed by atoms with Gasteiger partial charge in [-0.15, -0.1) is 0 Å². The van der Waals surface area contributed by atoms with Crippen LogP contribution in [0, 0.1) is 67.2 Å². The minimum atomic E-state index is 0.899. The summed E-state index contributed by atoms with van der Waals surface area (Å²) in [5.41, 5.74) is 14.2. The molecule has 2 heteroatoms. The zero-order chi connectivity index (χ0) is 26.2. The summed E-state index contributed by atoms with van der Waals surface area (Å²) >= 11 is 0. The lowest BCUT2D eigenvalue weighted by Crippen LogP contribution is -1.84. The standard InChI is InChI=1S/C18H18.C16H18N2/c1-13-5-7-17(11-15(13)3)9-10-18-8-6-14(2)16(4)12-18;1-11-5-7-15(9-13(11)3)17-18-16-8-6-12(2)14(4)10-16/h5-8,11-12H,1-4H3;5-10H,1-4H3. The predicted molar refractivity (Wildman–Crippen MR) is 154 cm³/mol. The van der Waals surface area contributed by atoms with E-state index in [2.05, 4.69) is 138 Å². The summed E-state index contributed by atoms with van der Waals surface area (Å²) in [5, 5.41) is 8.55. The van der Waals surface area contributed by atoms with Crippen LogP contribution in [0.2, 0.25) is 0 Å². The number of benzene rings is 4. The Morgan fingerprint density at radius 3 is 0.972 bits per heavy atom. The molecule has 0 heterocycles. The molecule has 0 N–H and O–H groups in total. The molecule has 2 nitrogen and oxygen atoms in total. The van der Waals surface area contributed by atoms with Gasteiger partial charge in [0, 0.05) is 11.1 Å². The van der Waals surface area contributed by atoms with E-state index in [9.17, 15) is 0 Å². The van der Waals surface area contributed by atoms with Crippen LogP contribution in [0.25, 0.3) is 0 Å². The highest BCUT2D eigenvalue weighted by Gasteiger charge is 1.97. The van der Waals surface area contributed by atoms with Gasteiger partial charge in [-0.3, -0.25) is 0 Å². The maximum absolute atomic E-state index is 4.27. The molecule has 0 fully saturated rings. The first kappa shape index (κ1) is 26.6. The Bertz CT molecular complexity index is 1350. The van der Waals surface area contributed by atoms with Crippen molar-refractivity contribution in [2.75, 3.05) is 0 Å². The minimum Gasteiger partial charge on any atom is -0.151 e. The Morgan fingerprint density at radius 1 is 0.361 bits per heavy atom. The molecular weight excluding hydrogens is 436 g/mol. The largest absolute Gasteiger partial charge is 0.151 e. The summed E-state index contributed by atoms with van der Waals surface area (Å²) in [6.45, 7) is 16.9. The van der Waals surface area contributed by atoms with E-state index in [1.165, 1.54) is 44.5 Å². The third kappa shape index (κ3) is 7.52. The van der Waals surface area contributed by atoms with Crippen molar-refractivity contribution in [1.29, 1.82) is 0 Å². The van der Waals surface area contributed by atoms with E-state index in [-0.39, 0.29) is 0 Å². The second-order valence-corrected chi connectivity index (χ2v) is 9.59. The fourth-order valence-electron chi connectivity index (χ4n) is 3.47. The van der Waals surface area contributed by atoms with Gasteiger partial charge in [0.1, 0.15) is 0 Å². The van der Waals surface area contributed by atoms with Crippen LogP contribution in [0.1, 0.15) is 55.6 Å². The maximum atomic E-state index is 4.27. The number of nitrogens with zero attached hydrogens (tertiary/aromatic N) is 2. The van der Waals surface area contributed by atoms with Crippen molar-refractivity contribution in [1.82, 2.24) is 0 Å². The highest BCUT2D eigenvalue weighted by molar-refractivity contribution is 5.48. The Balaban J connectivity index is 0.000000201. The molecule has 0 saturated carbocycles. The molecule has 0 aromatic heterocycles. The van der Waals surface area contributed by atoms with Crippen molar-refractivity contribution >= 4 is 11.4 Å². The number of hydrogen-bond acceptors (Lipinski definition) is 2.